The molecule has 3 rings (SSSR count). The summed E-state index contributed by atoms with van der Waals surface area (Å²) in [6.07, 6.45) is 3.88. The van der Waals surface area contributed by atoms with Crippen molar-refractivity contribution >= 4 is 45.3 Å². The number of aromatic nitrogens is 2. The van der Waals surface area contributed by atoms with Gasteiger partial charge in [0.1, 0.15) is 4.83 Å². The number of hydrogen-bond acceptors (Lipinski definition) is 6. The van der Waals surface area contributed by atoms with Gasteiger partial charge in [-0.1, -0.05) is 32.5 Å². The molecule has 0 spiro atoms. The van der Waals surface area contributed by atoms with Crippen LogP contribution in [0.15, 0.2) is 9.95 Å². The second-order valence-corrected chi connectivity index (χ2v) is 10.3. The molecular formula is C21H30N4O3S2. The molecule has 9 heteroatoms. The number of thiophene rings is 1. The highest BCUT2D eigenvalue weighted by Crippen LogP contribution is 2.36. The van der Waals surface area contributed by atoms with Gasteiger partial charge in [0.25, 0.3) is 5.56 Å². The standard InChI is InChI=1S/C21H30N4O3S2/c1-5-25-19(27)17-14-7-6-13(4)10-15(14)30-18(17)24-21(25)29-11-16(26)23-20(28)22-9-8-12(2)3/h12-13H,5-11H2,1-4H3,(H2,22,23,26,28). The van der Waals surface area contributed by atoms with Crippen LogP contribution in [0.4, 0.5) is 4.79 Å². The van der Waals surface area contributed by atoms with Crippen LogP contribution in [-0.4, -0.2) is 33.8 Å². The van der Waals surface area contributed by atoms with Crippen LogP contribution in [0.2, 0.25) is 0 Å². The summed E-state index contributed by atoms with van der Waals surface area (Å²) in [6, 6.07) is -0.488. The Morgan fingerprint density at radius 2 is 2.13 bits per heavy atom. The summed E-state index contributed by atoms with van der Waals surface area (Å²) in [7, 11) is 0. The molecule has 0 aliphatic heterocycles. The number of imide groups is 1. The van der Waals surface area contributed by atoms with Gasteiger partial charge < -0.3 is 5.32 Å². The van der Waals surface area contributed by atoms with Gasteiger partial charge in [-0.15, -0.1) is 11.3 Å². The Morgan fingerprint density at radius 3 is 2.83 bits per heavy atom. The van der Waals surface area contributed by atoms with Crippen molar-refractivity contribution in [3.63, 3.8) is 0 Å². The molecule has 2 aromatic rings. The van der Waals surface area contributed by atoms with Crippen molar-refractivity contribution in [3.05, 3.63) is 20.8 Å². The normalized spacial score (nSPS) is 16.0. The fraction of sp³-hybridized carbons (Fsp3) is 0.619. The number of nitrogens with one attached hydrogen (secondary N) is 2. The minimum absolute atomic E-state index is 0.0242. The molecule has 30 heavy (non-hydrogen) atoms. The average molecular weight is 451 g/mol. The number of urea groups is 1. The zero-order valence-electron chi connectivity index (χ0n) is 18.0. The summed E-state index contributed by atoms with van der Waals surface area (Å²) in [5.41, 5.74) is 1.14. The SMILES string of the molecule is CCn1c(SCC(=O)NC(=O)NCCC(C)C)nc2sc3c(c2c1=O)CCC(C)C3. The third kappa shape index (κ3) is 5.24. The molecule has 0 bridgehead atoms. The van der Waals surface area contributed by atoms with E-state index in [0.29, 0.717) is 30.1 Å². The molecular weight excluding hydrogens is 420 g/mol. The van der Waals surface area contributed by atoms with E-state index in [2.05, 4.69) is 31.4 Å². The average Bonchev–Trinajstić information content (AvgIpc) is 3.03. The highest BCUT2D eigenvalue weighted by atomic mass is 32.2. The minimum atomic E-state index is -0.488. The zero-order valence-corrected chi connectivity index (χ0v) is 19.7. The first-order valence-corrected chi connectivity index (χ1v) is 12.4. The molecule has 0 radical (unpaired) electrons. The van der Waals surface area contributed by atoms with E-state index < -0.39 is 11.9 Å². The first kappa shape index (κ1) is 22.8. The Balaban J connectivity index is 1.71. The fourth-order valence-corrected chi connectivity index (χ4v) is 5.89. The smallest absolute Gasteiger partial charge is 0.321 e. The van der Waals surface area contributed by atoms with Crippen LogP contribution >= 0.6 is 23.1 Å². The highest BCUT2D eigenvalue weighted by Gasteiger charge is 2.24. The Hall–Kier alpha value is -1.87. The van der Waals surface area contributed by atoms with E-state index in [-0.39, 0.29) is 11.3 Å². The van der Waals surface area contributed by atoms with Crippen molar-refractivity contribution in [2.45, 2.75) is 65.1 Å². The lowest BCUT2D eigenvalue weighted by Crippen LogP contribution is -2.41. The number of thioether (sulfide) groups is 1. The number of hydrogen-bond donors (Lipinski definition) is 2. The Kier molecular flexibility index (Phi) is 7.57. The molecule has 1 aliphatic carbocycles. The molecule has 164 valence electrons. The number of fused-ring (bicyclic) bond motifs is 3. The molecule has 1 atom stereocenters. The molecule has 7 nitrogen and oxygen atoms in total. The molecule has 1 aliphatic rings. The van der Waals surface area contributed by atoms with Gasteiger partial charge >= 0.3 is 6.03 Å². The minimum Gasteiger partial charge on any atom is -0.338 e. The number of amides is 3. The van der Waals surface area contributed by atoms with Crippen molar-refractivity contribution in [2.24, 2.45) is 11.8 Å². The molecule has 2 heterocycles. The van der Waals surface area contributed by atoms with Gasteiger partial charge in [0.15, 0.2) is 5.16 Å². The fourth-order valence-electron chi connectivity index (χ4n) is 3.61. The van der Waals surface area contributed by atoms with Crippen molar-refractivity contribution in [3.8, 4) is 0 Å². The lowest BCUT2D eigenvalue weighted by atomic mass is 9.89. The molecule has 0 fully saturated rings. The summed E-state index contributed by atoms with van der Waals surface area (Å²) in [5.74, 6) is 0.730. The first-order chi connectivity index (χ1) is 14.3. The molecule has 3 amide bonds. The van der Waals surface area contributed by atoms with E-state index in [1.165, 1.54) is 22.2 Å². The van der Waals surface area contributed by atoms with Crippen molar-refractivity contribution in [1.29, 1.82) is 0 Å². The van der Waals surface area contributed by atoms with Gasteiger partial charge in [0, 0.05) is 18.0 Å². The highest BCUT2D eigenvalue weighted by molar-refractivity contribution is 7.99. The zero-order chi connectivity index (χ0) is 21.8. The quantitative estimate of drug-likeness (QED) is 0.497. The van der Waals surface area contributed by atoms with Gasteiger partial charge in [0.05, 0.1) is 11.1 Å². The Bertz CT molecular complexity index is 996. The summed E-state index contributed by atoms with van der Waals surface area (Å²) in [5, 5.41) is 6.29. The molecule has 1 unspecified atom stereocenters. The van der Waals surface area contributed by atoms with E-state index in [1.807, 2.05) is 6.92 Å². The van der Waals surface area contributed by atoms with E-state index >= 15 is 0 Å². The number of carbonyl (C=O) groups excluding carboxylic acids is 2. The van der Waals surface area contributed by atoms with Gasteiger partial charge in [0.2, 0.25) is 5.91 Å². The van der Waals surface area contributed by atoms with Crippen molar-refractivity contribution in [2.75, 3.05) is 12.3 Å². The third-order valence-corrected chi connectivity index (χ3v) is 7.41. The summed E-state index contributed by atoms with van der Waals surface area (Å²) in [6.45, 7) is 9.31. The molecule has 2 N–H and O–H groups in total. The Labute approximate surface area is 185 Å². The van der Waals surface area contributed by atoms with Gasteiger partial charge in [-0.2, -0.15) is 0 Å². The maximum Gasteiger partial charge on any atom is 0.321 e. The predicted octanol–water partition coefficient (Wildman–Crippen LogP) is 3.57. The monoisotopic (exact) mass is 450 g/mol. The lowest BCUT2D eigenvalue weighted by Gasteiger charge is -2.17. The second-order valence-electron chi connectivity index (χ2n) is 8.25. The number of nitrogens with zero attached hydrogens (tertiary/aromatic N) is 2. The summed E-state index contributed by atoms with van der Waals surface area (Å²) in [4.78, 5) is 43.9. The number of aryl methyl sites for hydroxylation is 1. The van der Waals surface area contributed by atoms with E-state index in [1.54, 1.807) is 15.9 Å². The number of rotatable bonds is 7. The predicted molar refractivity (Wildman–Crippen MR) is 122 cm³/mol. The van der Waals surface area contributed by atoms with E-state index in [4.69, 9.17) is 4.98 Å². The van der Waals surface area contributed by atoms with E-state index in [9.17, 15) is 14.4 Å². The summed E-state index contributed by atoms with van der Waals surface area (Å²) >= 11 is 2.80. The van der Waals surface area contributed by atoms with Crippen LogP contribution in [0.25, 0.3) is 10.2 Å². The van der Waals surface area contributed by atoms with Crippen LogP contribution in [-0.2, 0) is 24.2 Å². The second kappa shape index (κ2) is 9.96. The maximum atomic E-state index is 13.1. The van der Waals surface area contributed by atoms with Crippen LogP contribution in [0.5, 0.6) is 0 Å². The van der Waals surface area contributed by atoms with Crippen LogP contribution in [0, 0.1) is 11.8 Å². The largest absolute Gasteiger partial charge is 0.338 e. The molecule has 0 saturated carbocycles. The van der Waals surface area contributed by atoms with Gasteiger partial charge in [-0.3, -0.25) is 19.5 Å². The van der Waals surface area contributed by atoms with E-state index in [0.717, 1.165) is 35.9 Å². The van der Waals surface area contributed by atoms with Crippen molar-refractivity contribution in [1.82, 2.24) is 20.2 Å². The van der Waals surface area contributed by atoms with Crippen molar-refractivity contribution < 1.29 is 9.59 Å². The molecule has 0 aromatic carbocycles. The molecule has 0 saturated heterocycles. The topological polar surface area (TPSA) is 93.1 Å². The number of carbonyl (C=O) groups is 2. The van der Waals surface area contributed by atoms with Gasteiger partial charge in [-0.25, -0.2) is 9.78 Å². The first-order valence-electron chi connectivity index (χ1n) is 10.6. The van der Waals surface area contributed by atoms with Crippen LogP contribution < -0.4 is 16.2 Å². The lowest BCUT2D eigenvalue weighted by molar-refractivity contribution is -0.117. The Morgan fingerprint density at radius 1 is 1.37 bits per heavy atom. The third-order valence-electron chi connectivity index (χ3n) is 5.29. The van der Waals surface area contributed by atoms with Crippen LogP contribution in [0.1, 0.15) is 51.0 Å². The van der Waals surface area contributed by atoms with Gasteiger partial charge in [-0.05, 0) is 50.0 Å². The van der Waals surface area contributed by atoms with Crippen LogP contribution in [0.3, 0.4) is 0 Å². The maximum absolute atomic E-state index is 13.1. The summed E-state index contributed by atoms with van der Waals surface area (Å²) < 4.78 is 1.63. The molecule has 2 aromatic heterocycles.